The number of hydrogen-bond acceptors (Lipinski definition) is 14. The molecule has 6 fully saturated rings. The predicted molar refractivity (Wildman–Crippen MR) is 220 cm³/mol. The van der Waals surface area contributed by atoms with Gasteiger partial charge in [0, 0.05) is 95.0 Å². The predicted octanol–water partition coefficient (Wildman–Crippen LogP) is 1.44. The molecule has 2 aromatic carbocycles. The van der Waals surface area contributed by atoms with Crippen LogP contribution < -0.4 is 25.3 Å². The van der Waals surface area contributed by atoms with E-state index >= 15 is 0 Å². The number of hydrogen-bond donors (Lipinski definition) is 3. The monoisotopic (exact) mass is 833 g/mol. The van der Waals surface area contributed by atoms with Gasteiger partial charge < -0.3 is 39.7 Å². The first-order chi connectivity index (χ1) is 29.6. The summed E-state index contributed by atoms with van der Waals surface area (Å²) < 4.78 is 5.31. The van der Waals surface area contributed by atoms with Crippen molar-refractivity contribution < 1.29 is 38.6 Å². The van der Waals surface area contributed by atoms with E-state index in [4.69, 9.17) is 9.72 Å². The minimum atomic E-state index is -1.18. The fourth-order valence-electron chi connectivity index (χ4n) is 9.64. The third-order valence-electron chi connectivity index (χ3n) is 13.2. The molecule has 7 aliphatic rings. The number of anilines is 5. The quantitative estimate of drug-likeness (QED) is 0.248. The van der Waals surface area contributed by atoms with E-state index < -0.39 is 35.6 Å². The summed E-state index contributed by atoms with van der Waals surface area (Å²) in [5, 5.41) is 15.4. The fourth-order valence-corrected chi connectivity index (χ4v) is 9.64. The Hall–Kier alpha value is -6.34. The largest absolute Gasteiger partial charge is 0.476 e. The number of fused-ring (bicyclic) bond motifs is 1. The zero-order valence-corrected chi connectivity index (χ0v) is 33.6. The van der Waals surface area contributed by atoms with E-state index in [2.05, 4.69) is 35.2 Å². The third-order valence-corrected chi connectivity index (χ3v) is 13.2. The highest BCUT2D eigenvalue weighted by atomic mass is 16.5. The highest BCUT2D eigenvalue weighted by Gasteiger charge is 2.46. The smallest absolute Gasteiger partial charge is 0.358 e. The van der Waals surface area contributed by atoms with E-state index in [1.807, 2.05) is 40.1 Å². The van der Waals surface area contributed by atoms with Crippen molar-refractivity contribution in [2.75, 3.05) is 98.7 Å². The Morgan fingerprint density at radius 3 is 2.16 bits per heavy atom. The first kappa shape index (κ1) is 38.8. The lowest BCUT2D eigenvalue weighted by atomic mass is 10.0. The lowest BCUT2D eigenvalue weighted by Gasteiger charge is -2.49. The first-order valence-electron chi connectivity index (χ1n) is 21.1. The molecule has 61 heavy (non-hydrogen) atoms. The summed E-state index contributed by atoms with van der Waals surface area (Å²) in [5.41, 5.74) is 2.98. The SMILES string of the molecule is O=C1CCC(N2C(=O)c3ccc(N4CC(N5CCN(c6ccc(Nc7nc(N8CCCC(N9CCN(C%10COC%10)C9=O)C8)cnc7C(=O)O)cc6)CC5)C4)cc3C2=O)C(=O)N1. The number of urea groups is 1. The number of carbonyl (C=O) groups excluding carboxylic acids is 5. The zero-order valence-electron chi connectivity index (χ0n) is 33.6. The van der Waals surface area contributed by atoms with Crippen molar-refractivity contribution >= 4 is 64.3 Å². The number of ether oxygens (including phenoxy) is 1. The van der Waals surface area contributed by atoms with Crippen molar-refractivity contribution in [3.8, 4) is 0 Å². The van der Waals surface area contributed by atoms with Crippen LogP contribution in [0.5, 0.6) is 0 Å². The minimum Gasteiger partial charge on any atom is -0.476 e. The summed E-state index contributed by atoms with van der Waals surface area (Å²) in [7, 11) is 0. The van der Waals surface area contributed by atoms with Gasteiger partial charge in [-0.05, 0) is 61.7 Å². The molecule has 19 nitrogen and oxygen atoms in total. The molecule has 2 atom stereocenters. The Labute approximate surface area is 351 Å². The maximum absolute atomic E-state index is 13.3. The number of carboxylic acid groups (broad SMARTS) is 1. The summed E-state index contributed by atoms with van der Waals surface area (Å²) in [6.45, 7) is 8.87. The summed E-state index contributed by atoms with van der Waals surface area (Å²) in [6, 6.07) is 12.7. The molecule has 8 heterocycles. The van der Waals surface area contributed by atoms with Crippen LogP contribution >= 0.6 is 0 Å². The summed E-state index contributed by atoms with van der Waals surface area (Å²) >= 11 is 0. The molecule has 0 radical (unpaired) electrons. The second-order valence-electron chi connectivity index (χ2n) is 16.8. The zero-order chi connectivity index (χ0) is 41.9. The van der Waals surface area contributed by atoms with E-state index in [-0.39, 0.29) is 53.6 Å². The lowest BCUT2D eigenvalue weighted by molar-refractivity contribution is -0.136. The molecule has 6 saturated heterocycles. The molecule has 10 rings (SSSR count). The van der Waals surface area contributed by atoms with E-state index in [9.17, 15) is 33.9 Å². The van der Waals surface area contributed by atoms with Gasteiger partial charge in [-0.15, -0.1) is 0 Å². The molecule has 0 saturated carbocycles. The Morgan fingerprint density at radius 1 is 0.754 bits per heavy atom. The Bertz CT molecular complexity index is 2290. The van der Waals surface area contributed by atoms with Crippen molar-refractivity contribution in [2.45, 2.75) is 49.9 Å². The molecule has 1 aromatic heterocycles. The number of carboxylic acids is 1. The van der Waals surface area contributed by atoms with Crippen molar-refractivity contribution in [1.29, 1.82) is 0 Å². The number of nitrogens with one attached hydrogen (secondary N) is 2. The topological polar surface area (TPSA) is 204 Å². The standard InChI is InChI=1S/C42H47N11O8/c54-35-10-9-33(38(55)46-35)53-39(56)31-8-7-27(18-32(31)40(53)57)50-21-29(22-50)48-14-12-47(13-15-48)26-5-3-25(4-6-26)44-37-36(41(58)59)43-19-34(45-37)49-11-1-2-28(20-49)51-16-17-52(42(51)60)30-23-61-24-30/h3-8,18-19,28-30,33H,1-2,9-17,20-24H2,(H,44,45)(H,58,59)(H,46,54,55). The summed E-state index contributed by atoms with van der Waals surface area (Å²) in [6.07, 6.45) is 3.47. The molecule has 19 heteroatoms. The van der Waals surface area contributed by atoms with Crippen LogP contribution in [0.15, 0.2) is 48.7 Å². The Morgan fingerprint density at radius 2 is 1.46 bits per heavy atom. The fraction of sp³-hybridized carbons (Fsp3) is 0.476. The van der Waals surface area contributed by atoms with E-state index in [0.717, 1.165) is 74.9 Å². The van der Waals surface area contributed by atoms with Gasteiger partial charge in [-0.1, -0.05) is 0 Å². The van der Waals surface area contributed by atoms with Gasteiger partial charge in [-0.2, -0.15) is 0 Å². The maximum Gasteiger partial charge on any atom is 0.358 e. The number of nitrogens with zero attached hydrogens (tertiary/aromatic N) is 9. The van der Waals surface area contributed by atoms with E-state index in [1.165, 1.54) is 6.20 Å². The molecule has 0 aliphatic carbocycles. The molecule has 3 aromatic rings. The Balaban J connectivity index is 0.725. The molecule has 0 bridgehead atoms. The van der Waals surface area contributed by atoms with Gasteiger partial charge in [0.2, 0.25) is 11.8 Å². The number of rotatable bonds is 10. The van der Waals surface area contributed by atoms with Crippen molar-refractivity contribution in [3.63, 3.8) is 0 Å². The van der Waals surface area contributed by atoms with Gasteiger partial charge in [0.15, 0.2) is 11.5 Å². The van der Waals surface area contributed by atoms with Gasteiger partial charge in [0.25, 0.3) is 11.8 Å². The van der Waals surface area contributed by atoms with Crippen LogP contribution in [0.3, 0.4) is 0 Å². The number of aromatic nitrogens is 2. The van der Waals surface area contributed by atoms with Crippen LogP contribution in [-0.4, -0.2) is 173 Å². The second kappa shape index (κ2) is 15.6. The molecule has 2 unspecified atom stereocenters. The van der Waals surface area contributed by atoms with Crippen molar-refractivity contribution in [2.24, 2.45) is 0 Å². The summed E-state index contributed by atoms with van der Waals surface area (Å²) in [4.78, 5) is 98.9. The summed E-state index contributed by atoms with van der Waals surface area (Å²) in [5.74, 6) is -2.50. The first-order valence-corrected chi connectivity index (χ1v) is 21.1. The Kier molecular flexibility index (Phi) is 9.93. The van der Waals surface area contributed by atoms with Gasteiger partial charge in [-0.3, -0.25) is 34.3 Å². The average molecular weight is 834 g/mol. The molecule has 3 N–H and O–H groups in total. The normalized spacial score (nSPS) is 24.0. The number of amides is 6. The van der Waals surface area contributed by atoms with Gasteiger partial charge in [-0.25, -0.2) is 19.6 Å². The molecule has 0 spiro atoms. The van der Waals surface area contributed by atoms with Crippen LogP contribution in [0.1, 0.15) is 56.9 Å². The molecular weight excluding hydrogens is 787 g/mol. The van der Waals surface area contributed by atoms with Gasteiger partial charge >= 0.3 is 12.0 Å². The van der Waals surface area contributed by atoms with Crippen LogP contribution in [0.4, 0.5) is 33.5 Å². The third kappa shape index (κ3) is 7.14. The number of imide groups is 2. The van der Waals surface area contributed by atoms with E-state index in [0.29, 0.717) is 50.4 Å². The van der Waals surface area contributed by atoms with E-state index in [1.54, 1.807) is 12.1 Å². The average Bonchev–Trinajstić information content (AvgIpc) is 3.72. The minimum absolute atomic E-state index is 0.0305. The van der Waals surface area contributed by atoms with Crippen molar-refractivity contribution in [1.82, 2.24) is 34.9 Å². The number of carbonyl (C=O) groups is 6. The number of benzene rings is 2. The van der Waals surface area contributed by atoms with Crippen molar-refractivity contribution in [3.05, 3.63) is 65.5 Å². The molecular formula is C42H47N11O8. The highest BCUT2D eigenvalue weighted by molar-refractivity contribution is 6.23. The van der Waals surface area contributed by atoms with Gasteiger partial charge in [0.05, 0.1) is 42.6 Å². The van der Waals surface area contributed by atoms with Crippen LogP contribution in [0.2, 0.25) is 0 Å². The van der Waals surface area contributed by atoms with Crippen LogP contribution in [0, 0.1) is 0 Å². The number of aromatic carboxylic acids is 1. The van der Waals surface area contributed by atoms with Gasteiger partial charge in [0.1, 0.15) is 11.9 Å². The highest BCUT2D eigenvalue weighted by Crippen LogP contribution is 2.34. The molecule has 6 amide bonds. The lowest BCUT2D eigenvalue weighted by Crippen LogP contribution is -2.63. The number of piperazine rings is 1. The van der Waals surface area contributed by atoms with Crippen LogP contribution in [-0.2, 0) is 14.3 Å². The maximum atomic E-state index is 13.3. The number of piperidine rings is 2. The second-order valence-corrected chi connectivity index (χ2v) is 16.8. The molecule has 318 valence electrons. The van der Waals surface area contributed by atoms with Crippen LogP contribution in [0.25, 0.3) is 0 Å². The molecule has 7 aliphatic heterocycles.